The lowest BCUT2D eigenvalue weighted by Crippen LogP contribution is -2.08. The van der Waals surface area contributed by atoms with Gasteiger partial charge in [-0.1, -0.05) is 48.5 Å². The van der Waals surface area contributed by atoms with E-state index >= 15 is 0 Å². The average Bonchev–Trinajstić information content (AvgIpc) is 3.26. The Labute approximate surface area is 171 Å². The molecular weight excluding hydrogens is 388 g/mol. The maximum atomic E-state index is 12.5. The van der Waals surface area contributed by atoms with Crippen molar-refractivity contribution >= 4 is 44.7 Å². The van der Waals surface area contributed by atoms with Crippen LogP contribution in [0.1, 0.15) is 39.7 Å². The fraction of sp³-hybridized carbons (Fsp3) is 0.333. The second-order valence-corrected chi connectivity index (χ2v) is 9.56. The highest BCUT2D eigenvalue weighted by Crippen LogP contribution is 2.39. The molecule has 0 unspecified atom stereocenters. The number of nitrogens with zero attached hydrogens (tertiary/aromatic N) is 4. The van der Waals surface area contributed by atoms with Gasteiger partial charge >= 0.3 is 0 Å². The molecule has 4 aromatic rings. The molecule has 5 rings (SSSR count). The Morgan fingerprint density at radius 2 is 2.11 bits per heavy atom. The van der Waals surface area contributed by atoms with E-state index in [1.165, 1.54) is 28.6 Å². The number of benzene rings is 1. The number of thioether (sulfide) groups is 1. The zero-order chi connectivity index (χ0) is 19.3. The number of Topliss-reactive ketones (excluding diaryl/α,β-unsaturated/α-hetero) is 1. The summed E-state index contributed by atoms with van der Waals surface area (Å²) in [5.41, 5.74) is 4.14. The highest BCUT2D eigenvalue weighted by molar-refractivity contribution is 7.99. The predicted molar refractivity (Wildman–Crippen MR) is 114 cm³/mol. The molecule has 3 aromatic heterocycles. The number of carbonyl (C=O) groups is 1. The first-order chi connectivity index (χ1) is 13.6. The van der Waals surface area contributed by atoms with Gasteiger partial charge in [-0.25, -0.2) is 4.98 Å². The molecule has 0 amide bonds. The summed E-state index contributed by atoms with van der Waals surface area (Å²) < 4.78 is 1.93. The standard InChI is InChI=1S/C21H20N4OS2/c1-12-3-6-14(7-4-12)16(26)10-27-21-24-23-19-18-15-8-5-13(2)9-17(15)28-20(18)22-11-25(19)21/h3-4,6-7,11,13H,5,8-10H2,1-2H3/t13-/m1/s1. The first kappa shape index (κ1) is 17.8. The van der Waals surface area contributed by atoms with E-state index < -0.39 is 0 Å². The first-order valence-electron chi connectivity index (χ1n) is 9.47. The normalized spacial score (nSPS) is 16.6. The van der Waals surface area contributed by atoms with Crippen LogP contribution in [0.25, 0.3) is 15.9 Å². The van der Waals surface area contributed by atoms with E-state index in [4.69, 9.17) is 0 Å². The Balaban J connectivity index is 1.45. The molecule has 0 saturated carbocycles. The van der Waals surface area contributed by atoms with Gasteiger partial charge in [-0.15, -0.1) is 21.5 Å². The molecule has 0 saturated heterocycles. The van der Waals surface area contributed by atoms with E-state index in [1.807, 2.05) is 35.6 Å². The summed E-state index contributed by atoms with van der Waals surface area (Å²) in [4.78, 5) is 19.7. The van der Waals surface area contributed by atoms with E-state index in [-0.39, 0.29) is 5.78 Å². The van der Waals surface area contributed by atoms with Crippen molar-refractivity contribution in [3.8, 4) is 0 Å². The van der Waals surface area contributed by atoms with E-state index in [1.54, 1.807) is 17.7 Å². The van der Waals surface area contributed by atoms with Gasteiger partial charge in [0.25, 0.3) is 0 Å². The zero-order valence-corrected chi connectivity index (χ0v) is 17.4. The molecular formula is C21H20N4OS2. The summed E-state index contributed by atoms with van der Waals surface area (Å²) >= 11 is 3.21. The van der Waals surface area contributed by atoms with Crippen LogP contribution in [0, 0.1) is 12.8 Å². The van der Waals surface area contributed by atoms with Crippen molar-refractivity contribution in [1.82, 2.24) is 19.6 Å². The molecule has 142 valence electrons. The maximum Gasteiger partial charge on any atom is 0.197 e. The molecule has 7 heteroatoms. The lowest BCUT2D eigenvalue weighted by molar-refractivity contribution is 0.102. The van der Waals surface area contributed by atoms with Gasteiger partial charge in [0.2, 0.25) is 0 Å². The van der Waals surface area contributed by atoms with Gasteiger partial charge in [-0.3, -0.25) is 9.20 Å². The molecule has 3 heterocycles. The monoisotopic (exact) mass is 408 g/mol. The Hall–Kier alpha value is -2.25. The van der Waals surface area contributed by atoms with Crippen LogP contribution in [0.15, 0.2) is 35.7 Å². The van der Waals surface area contributed by atoms with E-state index in [0.29, 0.717) is 10.9 Å². The Bertz CT molecular complexity index is 1190. The van der Waals surface area contributed by atoms with Crippen molar-refractivity contribution in [1.29, 1.82) is 0 Å². The number of thiophene rings is 1. The number of ketones is 1. The molecule has 1 aliphatic rings. The summed E-state index contributed by atoms with van der Waals surface area (Å²) in [5, 5.41) is 10.7. The van der Waals surface area contributed by atoms with Crippen molar-refractivity contribution in [3.05, 3.63) is 52.2 Å². The minimum atomic E-state index is 0.0951. The van der Waals surface area contributed by atoms with Crippen LogP contribution in [0.3, 0.4) is 0 Å². The first-order valence-corrected chi connectivity index (χ1v) is 11.3. The zero-order valence-electron chi connectivity index (χ0n) is 15.8. The minimum absolute atomic E-state index is 0.0951. The molecule has 28 heavy (non-hydrogen) atoms. The van der Waals surface area contributed by atoms with Crippen LogP contribution in [0.4, 0.5) is 0 Å². The van der Waals surface area contributed by atoms with Crippen molar-refractivity contribution < 1.29 is 4.79 Å². The third-order valence-electron chi connectivity index (χ3n) is 5.38. The summed E-state index contributed by atoms with van der Waals surface area (Å²) in [6.45, 7) is 4.33. The van der Waals surface area contributed by atoms with Crippen LogP contribution in [0.2, 0.25) is 0 Å². The van der Waals surface area contributed by atoms with Crippen LogP contribution < -0.4 is 0 Å². The minimum Gasteiger partial charge on any atom is -0.293 e. The Kier molecular flexibility index (Phi) is 4.44. The predicted octanol–water partition coefficient (Wildman–Crippen LogP) is 4.75. The number of rotatable bonds is 4. The summed E-state index contributed by atoms with van der Waals surface area (Å²) in [5.74, 6) is 1.16. The molecule has 1 atom stereocenters. The number of aromatic nitrogens is 4. The Morgan fingerprint density at radius 1 is 1.29 bits per heavy atom. The number of carbonyl (C=O) groups excluding carboxylic acids is 1. The Morgan fingerprint density at radius 3 is 2.93 bits per heavy atom. The van der Waals surface area contributed by atoms with E-state index in [0.717, 1.165) is 45.8 Å². The SMILES string of the molecule is Cc1ccc(C(=O)CSc2nnc3c4c5c(sc4ncn23)C[C@H](C)CC5)cc1. The highest BCUT2D eigenvalue weighted by atomic mass is 32.2. The highest BCUT2D eigenvalue weighted by Gasteiger charge is 2.24. The molecule has 0 aliphatic heterocycles. The van der Waals surface area contributed by atoms with Gasteiger partial charge in [0.15, 0.2) is 16.6 Å². The van der Waals surface area contributed by atoms with Gasteiger partial charge in [-0.05, 0) is 37.7 Å². The fourth-order valence-corrected chi connectivity index (χ4v) is 5.91. The molecule has 1 aromatic carbocycles. The van der Waals surface area contributed by atoms with Crippen LogP contribution in [-0.2, 0) is 12.8 Å². The molecule has 5 nitrogen and oxygen atoms in total. The largest absolute Gasteiger partial charge is 0.293 e. The second kappa shape index (κ2) is 6.97. The second-order valence-electron chi connectivity index (χ2n) is 7.53. The van der Waals surface area contributed by atoms with Gasteiger partial charge < -0.3 is 0 Å². The van der Waals surface area contributed by atoms with Crippen molar-refractivity contribution in [2.75, 3.05) is 5.75 Å². The molecule has 0 bridgehead atoms. The number of aryl methyl sites for hydroxylation is 2. The summed E-state index contributed by atoms with van der Waals surface area (Å²) in [6, 6.07) is 7.69. The third kappa shape index (κ3) is 3.02. The van der Waals surface area contributed by atoms with Gasteiger partial charge in [0, 0.05) is 10.4 Å². The maximum absolute atomic E-state index is 12.5. The van der Waals surface area contributed by atoms with Gasteiger partial charge in [0.05, 0.1) is 11.1 Å². The van der Waals surface area contributed by atoms with Crippen LogP contribution >= 0.6 is 23.1 Å². The third-order valence-corrected chi connectivity index (χ3v) is 7.48. The summed E-state index contributed by atoms with van der Waals surface area (Å²) in [6.07, 6.45) is 5.21. The molecule has 0 radical (unpaired) electrons. The molecule has 1 aliphatic carbocycles. The lowest BCUT2D eigenvalue weighted by atomic mass is 9.89. The van der Waals surface area contributed by atoms with Gasteiger partial charge in [0.1, 0.15) is 11.2 Å². The molecule has 0 spiro atoms. The topological polar surface area (TPSA) is 60.2 Å². The van der Waals surface area contributed by atoms with Crippen molar-refractivity contribution in [2.45, 2.75) is 38.3 Å². The summed E-state index contributed by atoms with van der Waals surface area (Å²) in [7, 11) is 0. The lowest BCUT2D eigenvalue weighted by Gasteiger charge is -2.17. The number of hydrogen-bond donors (Lipinski definition) is 0. The van der Waals surface area contributed by atoms with E-state index in [9.17, 15) is 4.79 Å². The van der Waals surface area contributed by atoms with Crippen molar-refractivity contribution in [3.63, 3.8) is 0 Å². The van der Waals surface area contributed by atoms with Gasteiger partial charge in [-0.2, -0.15) is 0 Å². The quantitative estimate of drug-likeness (QED) is 0.360. The van der Waals surface area contributed by atoms with Crippen LogP contribution in [-0.4, -0.2) is 31.1 Å². The number of fused-ring (bicyclic) bond motifs is 5. The average molecular weight is 409 g/mol. The smallest absolute Gasteiger partial charge is 0.197 e. The van der Waals surface area contributed by atoms with E-state index in [2.05, 4.69) is 22.1 Å². The van der Waals surface area contributed by atoms with Crippen molar-refractivity contribution in [2.24, 2.45) is 5.92 Å². The molecule has 0 N–H and O–H groups in total. The number of hydrogen-bond acceptors (Lipinski definition) is 6. The van der Waals surface area contributed by atoms with Crippen LogP contribution in [0.5, 0.6) is 0 Å². The fourth-order valence-electron chi connectivity index (χ4n) is 3.77. The molecule has 0 fully saturated rings.